The number of hydrogen-bond donors (Lipinski definition) is 0. The second-order valence-corrected chi connectivity index (χ2v) is 6.87. The summed E-state index contributed by atoms with van der Waals surface area (Å²) < 4.78 is 7.62. The third-order valence-corrected chi connectivity index (χ3v) is 4.68. The number of carbonyl (C=O) groups is 1. The predicted molar refractivity (Wildman–Crippen MR) is 103 cm³/mol. The Morgan fingerprint density at radius 1 is 0.920 bits per heavy atom. The summed E-state index contributed by atoms with van der Waals surface area (Å²) in [7, 11) is 1.97. The van der Waals surface area contributed by atoms with Gasteiger partial charge < -0.3 is 4.74 Å². The molecule has 1 aromatic heterocycles. The van der Waals surface area contributed by atoms with Crippen LogP contribution in [0.5, 0.6) is 5.75 Å². The Morgan fingerprint density at radius 2 is 1.56 bits per heavy atom. The molecule has 0 unspecified atom stereocenters. The predicted octanol–water partition coefficient (Wildman–Crippen LogP) is 5.49. The molecule has 3 heteroatoms. The van der Waals surface area contributed by atoms with Gasteiger partial charge in [-0.05, 0) is 24.6 Å². The summed E-state index contributed by atoms with van der Waals surface area (Å²) in [4.78, 5) is 12.1. The Hall–Kier alpha value is -1.90. The molecule has 0 aliphatic heterocycles. The van der Waals surface area contributed by atoms with Gasteiger partial charge in [0.15, 0.2) is 6.20 Å². The second-order valence-electron chi connectivity index (χ2n) is 6.87. The average molecular weight is 343 g/mol. The minimum Gasteiger partial charge on any atom is -0.419 e. The number of fused-ring (bicyclic) bond motifs is 1. The number of carbonyl (C=O) groups excluding carboxylic acids is 1. The molecule has 2 aromatic rings. The highest BCUT2D eigenvalue weighted by Crippen LogP contribution is 2.22. The Kier molecular flexibility index (Phi) is 8.44. The Morgan fingerprint density at radius 3 is 2.28 bits per heavy atom. The molecule has 0 spiro atoms. The minimum absolute atomic E-state index is 0.126. The lowest BCUT2D eigenvalue weighted by molar-refractivity contribution is -0.645. The van der Waals surface area contributed by atoms with Gasteiger partial charge in [0.2, 0.25) is 5.75 Å². The van der Waals surface area contributed by atoms with Crippen molar-refractivity contribution < 1.29 is 14.1 Å². The van der Waals surface area contributed by atoms with Crippen molar-refractivity contribution in [2.24, 2.45) is 7.05 Å². The topological polar surface area (TPSA) is 30.2 Å². The van der Waals surface area contributed by atoms with Crippen LogP contribution in [0.25, 0.3) is 10.9 Å². The molecule has 0 saturated carbocycles. The third kappa shape index (κ3) is 6.49. The van der Waals surface area contributed by atoms with Crippen molar-refractivity contribution in [3.8, 4) is 5.75 Å². The number of esters is 1. The first-order valence-corrected chi connectivity index (χ1v) is 9.80. The Bertz CT molecular complexity index is 661. The summed E-state index contributed by atoms with van der Waals surface area (Å²) in [5, 5.41) is 1.08. The maximum absolute atomic E-state index is 12.1. The van der Waals surface area contributed by atoms with Gasteiger partial charge in [-0.15, -0.1) is 0 Å². The van der Waals surface area contributed by atoms with E-state index in [1.165, 1.54) is 44.9 Å². The molecular weight excluding hydrogens is 310 g/mol. The van der Waals surface area contributed by atoms with Crippen molar-refractivity contribution in [3.05, 3.63) is 36.5 Å². The molecule has 25 heavy (non-hydrogen) atoms. The molecule has 0 aliphatic carbocycles. The summed E-state index contributed by atoms with van der Waals surface area (Å²) in [6.07, 6.45) is 13.7. The first-order valence-electron chi connectivity index (χ1n) is 9.80. The second kappa shape index (κ2) is 10.9. The highest BCUT2D eigenvalue weighted by molar-refractivity contribution is 5.84. The van der Waals surface area contributed by atoms with E-state index in [1.807, 2.05) is 48.1 Å². The number of rotatable bonds is 11. The van der Waals surface area contributed by atoms with E-state index in [1.54, 1.807) is 0 Å². The molecule has 0 fully saturated rings. The number of unbranched alkanes of at least 4 members (excludes halogenated alkanes) is 8. The smallest absolute Gasteiger partial charge is 0.311 e. The van der Waals surface area contributed by atoms with Crippen molar-refractivity contribution >= 4 is 16.9 Å². The van der Waals surface area contributed by atoms with Gasteiger partial charge in [-0.1, -0.05) is 64.4 Å². The number of para-hydroxylation sites is 1. The van der Waals surface area contributed by atoms with Crippen molar-refractivity contribution in [1.29, 1.82) is 0 Å². The zero-order valence-corrected chi connectivity index (χ0v) is 15.8. The zero-order valence-electron chi connectivity index (χ0n) is 15.8. The van der Waals surface area contributed by atoms with Crippen LogP contribution >= 0.6 is 0 Å². The van der Waals surface area contributed by atoms with Gasteiger partial charge in [-0.3, -0.25) is 4.79 Å². The van der Waals surface area contributed by atoms with Crippen LogP contribution in [0.3, 0.4) is 0 Å². The zero-order chi connectivity index (χ0) is 17.9. The van der Waals surface area contributed by atoms with Gasteiger partial charge in [-0.25, -0.2) is 0 Å². The van der Waals surface area contributed by atoms with E-state index in [4.69, 9.17) is 4.74 Å². The van der Waals surface area contributed by atoms with Gasteiger partial charge in [0.25, 0.3) is 5.52 Å². The van der Waals surface area contributed by atoms with E-state index in [0.29, 0.717) is 12.2 Å². The SMILES string of the molecule is CCCCCCCCCCCC(=O)Oc1cccc2ccc[n+](C)c12. The summed E-state index contributed by atoms with van der Waals surface area (Å²) in [6.45, 7) is 2.25. The summed E-state index contributed by atoms with van der Waals surface area (Å²) >= 11 is 0. The fourth-order valence-electron chi connectivity index (χ4n) is 3.24. The van der Waals surface area contributed by atoms with Crippen LogP contribution in [0.15, 0.2) is 36.5 Å². The standard InChI is InChI=1S/C22H32NO2/c1-3-4-5-6-7-8-9-10-11-17-21(24)25-20-16-12-14-19-15-13-18-23(2)22(19)20/h12-16,18H,3-11,17H2,1-2H3/q+1. The van der Waals surface area contributed by atoms with Crippen LogP contribution in [0.4, 0.5) is 0 Å². The molecule has 0 aliphatic rings. The minimum atomic E-state index is -0.126. The van der Waals surface area contributed by atoms with E-state index < -0.39 is 0 Å². The first-order chi connectivity index (χ1) is 12.2. The van der Waals surface area contributed by atoms with Crippen LogP contribution in [0, 0.1) is 0 Å². The van der Waals surface area contributed by atoms with Gasteiger partial charge >= 0.3 is 5.97 Å². The molecule has 1 heterocycles. The average Bonchev–Trinajstić information content (AvgIpc) is 2.60. The number of pyridine rings is 1. The summed E-state index contributed by atoms with van der Waals surface area (Å²) in [5.74, 6) is 0.529. The molecule has 0 bridgehead atoms. The monoisotopic (exact) mass is 342 g/mol. The van der Waals surface area contributed by atoms with Crippen LogP contribution < -0.4 is 9.30 Å². The molecule has 0 N–H and O–H groups in total. The molecule has 136 valence electrons. The highest BCUT2D eigenvalue weighted by atomic mass is 16.5. The van der Waals surface area contributed by atoms with E-state index in [-0.39, 0.29) is 5.97 Å². The fraction of sp³-hybridized carbons (Fsp3) is 0.545. The molecule has 0 saturated heterocycles. The van der Waals surface area contributed by atoms with Crippen molar-refractivity contribution in [2.45, 2.75) is 71.1 Å². The molecule has 0 amide bonds. The van der Waals surface area contributed by atoms with E-state index in [0.717, 1.165) is 23.7 Å². The summed E-state index contributed by atoms with van der Waals surface area (Å²) in [5.41, 5.74) is 0.963. The lowest BCUT2D eigenvalue weighted by atomic mass is 10.1. The maximum Gasteiger partial charge on any atom is 0.311 e. The van der Waals surface area contributed by atoms with Gasteiger partial charge in [0.05, 0.1) is 5.39 Å². The van der Waals surface area contributed by atoms with Crippen molar-refractivity contribution in [2.75, 3.05) is 0 Å². The lowest BCUT2D eigenvalue weighted by Crippen LogP contribution is -2.28. The van der Waals surface area contributed by atoms with Gasteiger partial charge in [0, 0.05) is 12.5 Å². The lowest BCUT2D eigenvalue weighted by Gasteiger charge is -2.06. The molecule has 1 aromatic carbocycles. The Labute approximate surface area is 152 Å². The first kappa shape index (κ1) is 19.4. The normalized spacial score (nSPS) is 11.0. The molecule has 3 nitrogen and oxygen atoms in total. The van der Waals surface area contributed by atoms with Crippen molar-refractivity contribution in [1.82, 2.24) is 0 Å². The molecule has 0 atom stereocenters. The number of aryl methyl sites for hydroxylation is 1. The number of aromatic nitrogens is 1. The van der Waals surface area contributed by atoms with Crippen LogP contribution in [0.1, 0.15) is 71.1 Å². The van der Waals surface area contributed by atoms with Gasteiger partial charge in [-0.2, -0.15) is 4.57 Å². The number of benzene rings is 1. The molecular formula is C22H32NO2+. The summed E-state index contributed by atoms with van der Waals surface area (Å²) in [6, 6.07) is 9.87. The third-order valence-electron chi connectivity index (χ3n) is 4.68. The molecule has 0 radical (unpaired) electrons. The van der Waals surface area contributed by atoms with E-state index >= 15 is 0 Å². The van der Waals surface area contributed by atoms with Gasteiger partial charge in [0.1, 0.15) is 7.05 Å². The number of hydrogen-bond acceptors (Lipinski definition) is 2. The van der Waals surface area contributed by atoms with E-state index in [2.05, 4.69) is 6.92 Å². The highest BCUT2D eigenvalue weighted by Gasteiger charge is 2.14. The fourth-order valence-corrected chi connectivity index (χ4v) is 3.24. The Balaban J connectivity index is 1.69. The van der Waals surface area contributed by atoms with Crippen LogP contribution in [0.2, 0.25) is 0 Å². The largest absolute Gasteiger partial charge is 0.419 e. The molecule has 2 rings (SSSR count). The van der Waals surface area contributed by atoms with Crippen LogP contribution in [-0.2, 0) is 11.8 Å². The quantitative estimate of drug-likeness (QED) is 0.234. The van der Waals surface area contributed by atoms with Crippen LogP contribution in [-0.4, -0.2) is 5.97 Å². The number of ether oxygens (including phenoxy) is 1. The van der Waals surface area contributed by atoms with Crippen molar-refractivity contribution in [3.63, 3.8) is 0 Å². The number of nitrogens with zero attached hydrogens (tertiary/aromatic N) is 1. The maximum atomic E-state index is 12.1. The van der Waals surface area contributed by atoms with E-state index in [9.17, 15) is 4.79 Å².